The lowest BCUT2D eigenvalue weighted by molar-refractivity contribution is 0.902. The molecule has 3 aromatic heterocycles. The van der Waals surface area contributed by atoms with Gasteiger partial charge >= 0.3 is 0 Å². The maximum absolute atomic E-state index is 9.21. The number of nitrogens with zero attached hydrogens (tertiary/aromatic N) is 2. The Morgan fingerprint density at radius 3 is 3.00 bits per heavy atom. The van der Waals surface area contributed by atoms with Crippen LogP contribution >= 0.6 is 22.7 Å². The number of hydrogen-bond acceptors (Lipinski definition) is 5. The summed E-state index contributed by atoms with van der Waals surface area (Å²) >= 11 is 3.13. The summed E-state index contributed by atoms with van der Waals surface area (Å²) in [5.74, 6) is 0. The van der Waals surface area contributed by atoms with Crippen LogP contribution in [-0.4, -0.2) is 4.98 Å². The average molecular weight is 297 g/mol. The molecule has 0 amide bonds. The van der Waals surface area contributed by atoms with E-state index in [0.29, 0.717) is 10.6 Å². The van der Waals surface area contributed by atoms with E-state index in [-0.39, 0.29) is 0 Å². The van der Waals surface area contributed by atoms with E-state index in [2.05, 4.69) is 23.6 Å². The highest BCUT2D eigenvalue weighted by Crippen LogP contribution is 2.44. The number of aryl methyl sites for hydroxylation is 1. The van der Waals surface area contributed by atoms with Gasteiger partial charge in [-0.1, -0.05) is 6.07 Å². The monoisotopic (exact) mass is 297 g/mol. The third-order valence-electron chi connectivity index (χ3n) is 3.77. The van der Waals surface area contributed by atoms with Crippen LogP contribution in [0.15, 0.2) is 17.5 Å². The fourth-order valence-electron chi connectivity index (χ4n) is 2.92. The summed E-state index contributed by atoms with van der Waals surface area (Å²) in [6.45, 7) is 0. The Morgan fingerprint density at radius 1 is 1.35 bits per heavy atom. The number of pyridine rings is 1. The van der Waals surface area contributed by atoms with Gasteiger partial charge in [0.1, 0.15) is 15.8 Å². The van der Waals surface area contributed by atoms with E-state index in [4.69, 9.17) is 10.7 Å². The molecule has 0 radical (unpaired) electrons. The zero-order valence-corrected chi connectivity index (χ0v) is 12.3. The molecule has 0 aliphatic heterocycles. The van der Waals surface area contributed by atoms with Gasteiger partial charge in [0, 0.05) is 21.5 Å². The molecule has 0 atom stereocenters. The molecule has 98 valence electrons. The number of nitriles is 1. The van der Waals surface area contributed by atoms with Gasteiger partial charge in [-0.05, 0) is 36.3 Å². The van der Waals surface area contributed by atoms with Crippen LogP contribution in [-0.2, 0) is 12.8 Å². The molecular formula is C15H11N3S2. The van der Waals surface area contributed by atoms with E-state index in [0.717, 1.165) is 29.5 Å². The number of nitrogens with two attached hydrogens (primary N) is 1. The second-order valence-electron chi connectivity index (χ2n) is 4.88. The number of rotatable bonds is 1. The summed E-state index contributed by atoms with van der Waals surface area (Å²) in [5.41, 5.74) is 10.5. The molecule has 1 aliphatic rings. The normalized spacial score (nSPS) is 13.6. The van der Waals surface area contributed by atoms with Crippen LogP contribution in [0.5, 0.6) is 0 Å². The number of hydrogen-bond donors (Lipinski definition) is 1. The van der Waals surface area contributed by atoms with Gasteiger partial charge in [-0.3, -0.25) is 0 Å². The predicted octanol–water partition coefficient (Wildman–Crippen LogP) is 3.97. The molecule has 0 unspecified atom stereocenters. The van der Waals surface area contributed by atoms with Gasteiger partial charge in [0.25, 0.3) is 0 Å². The van der Waals surface area contributed by atoms with E-state index in [1.54, 1.807) is 11.3 Å². The van der Waals surface area contributed by atoms with E-state index >= 15 is 0 Å². The van der Waals surface area contributed by atoms with Crippen LogP contribution in [0.25, 0.3) is 20.7 Å². The summed E-state index contributed by atoms with van der Waals surface area (Å²) in [6.07, 6.45) is 3.25. The minimum absolute atomic E-state index is 0.578. The number of nitrogen functional groups attached to an aromatic ring is 1. The molecule has 5 heteroatoms. The average Bonchev–Trinajstić information content (AvgIpc) is 3.16. The van der Waals surface area contributed by atoms with Crippen LogP contribution in [0.1, 0.15) is 22.6 Å². The van der Waals surface area contributed by atoms with Crippen LogP contribution < -0.4 is 5.73 Å². The van der Waals surface area contributed by atoms with Crippen molar-refractivity contribution in [1.82, 2.24) is 4.98 Å². The summed E-state index contributed by atoms with van der Waals surface area (Å²) in [4.78, 5) is 7.46. The standard InChI is InChI=1S/C15H11N3S2/c16-7-11-14(17)13-12(10-5-2-6-19-10)8-3-1-4-9(8)18-15(13)20-11/h2,5-6H,1,3-4,17H2. The maximum Gasteiger partial charge on any atom is 0.130 e. The lowest BCUT2D eigenvalue weighted by Crippen LogP contribution is -1.94. The van der Waals surface area contributed by atoms with Crippen LogP contribution in [0.3, 0.4) is 0 Å². The molecule has 20 heavy (non-hydrogen) atoms. The van der Waals surface area contributed by atoms with Crippen molar-refractivity contribution >= 4 is 38.6 Å². The van der Waals surface area contributed by atoms with Gasteiger partial charge in [0.2, 0.25) is 0 Å². The number of fused-ring (bicyclic) bond motifs is 2. The van der Waals surface area contributed by atoms with Gasteiger partial charge < -0.3 is 5.73 Å². The van der Waals surface area contributed by atoms with Crippen molar-refractivity contribution in [2.24, 2.45) is 0 Å². The Labute approximate surface area is 124 Å². The van der Waals surface area contributed by atoms with Crippen molar-refractivity contribution in [2.45, 2.75) is 19.3 Å². The lowest BCUT2D eigenvalue weighted by atomic mass is 10.0. The first kappa shape index (κ1) is 11.9. The Hall–Kier alpha value is -1.90. The third-order valence-corrected chi connectivity index (χ3v) is 5.66. The smallest absolute Gasteiger partial charge is 0.130 e. The SMILES string of the molecule is N#Cc1sc2nc3c(c(-c4cccs4)c2c1N)CCC3. The minimum Gasteiger partial charge on any atom is -0.396 e. The second-order valence-corrected chi connectivity index (χ2v) is 6.83. The van der Waals surface area contributed by atoms with Gasteiger partial charge in [0.15, 0.2) is 0 Å². The van der Waals surface area contributed by atoms with E-state index in [1.807, 2.05) is 0 Å². The van der Waals surface area contributed by atoms with E-state index < -0.39 is 0 Å². The first-order chi connectivity index (χ1) is 9.79. The van der Waals surface area contributed by atoms with Crippen LogP contribution in [0, 0.1) is 11.3 Å². The zero-order chi connectivity index (χ0) is 13.7. The van der Waals surface area contributed by atoms with Crippen LogP contribution in [0.2, 0.25) is 0 Å². The number of aromatic nitrogens is 1. The lowest BCUT2D eigenvalue weighted by Gasteiger charge is -2.09. The van der Waals surface area contributed by atoms with E-state index in [9.17, 15) is 5.26 Å². The Balaban J connectivity index is 2.18. The quantitative estimate of drug-likeness (QED) is 0.739. The molecule has 0 fully saturated rings. The van der Waals surface area contributed by atoms with Crippen molar-refractivity contribution in [1.29, 1.82) is 5.26 Å². The third kappa shape index (κ3) is 1.52. The largest absolute Gasteiger partial charge is 0.396 e. The van der Waals surface area contributed by atoms with Crippen molar-refractivity contribution in [2.75, 3.05) is 5.73 Å². The molecule has 0 spiro atoms. The van der Waals surface area contributed by atoms with Crippen molar-refractivity contribution in [3.05, 3.63) is 33.6 Å². The van der Waals surface area contributed by atoms with Gasteiger partial charge in [-0.25, -0.2) is 4.98 Å². The molecule has 0 saturated carbocycles. The Bertz CT molecular complexity index is 854. The predicted molar refractivity (Wildman–Crippen MR) is 84.1 cm³/mol. The van der Waals surface area contributed by atoms with Crippen molar-refractivity contribution in [3.8, 4) is 16.5 Å². The molecule has 3 nitrogen and oxygen atoms in total. The van der Waals surface area contributed by atoms with Gasteiger partial charge in [0.05, 0.1) is 5.69 Å². The molecule has 0 aromatic carbocycles. The topological polar surface area (TPSA) is 62.7 Å². The van der Waals surface area contributed by atoms with Gasteiger partial charge in [-0.15, -0.1) is 22.7 Å². The highest BCUT2D eigenvalue weighted by Gasteiger charge is 2.24. The first-order valence-electron chi connectivity index (χ1n) is 6.47. The molecule has 2 N–H and O–H groups in total. The molecule has 3 heterocycles. The molecule has 0 bridgehead atoms. The molecule has 4 rings (SSSR count). The minimum atomic E-state index is 0.578. The Kier molecular flexibility index (Phi) is 2.56. The number of anilines is 1. The van der Waals surface area contributed by atoms with Crippen LogP contribution in [0.4, 0.5) is 5.69 Å². The first-order valence-corrected chi connectivity index (χ1v) is 8.17. The highest BCUT2D eigenvalue weighted by atomic mass is 32.1. The molecule has 3 aromatic rings. The highest BCUT2D eigenvalue weighted by molar-refractivity contribution is 7.20. The second kappa shape index (κ2) is 4.30. The summed E-state index contributed by atoms with van der Waals surface area (Å²) in [6, 6.07) is 6.37. The zero-order valence-electron chi connectivity index (χ0n) is 10.6. The van der Waals surface area contributed by atoms with Crippen molar-refractivity contribution in [3.63, 3.8) is 0 Å². The van der Waals surface area contributed by atoms with Gasteiger partial charge in [-0.2, -0.15) is 5.26 Å². The number of thiophene rings is 2. The summed E-state index contributed by atoms with van der Waals surface area (Å²) in [7, 11) is 0. The summed E-state index contributed by atoms with van der Waals surface area (Å²) in [5, 5.41) is 12.3. The Morgan fingerprint density at radius 2 is 2.25 bits per heavy atom. The molecule has 1 aliphatic carbocycles. The van der Waals surface area contributed by atoms with Crippen molar-refractivity contribution < 1.29 is 0 Å². The fourth-order valence-corrected chi connectivity index (χ4v) is 4.65. The molecular weight excluding hydrogens is 286 g/mol. The van der Waals surface area contributed by atoms with E-state index in [1.165, 1.54) is 33.0 Å². The maximum atomic E-state index is 9.21. The summed E-state index contributed by atoms with van der Waals surface area (Å²) < 4.78 is 0. The fraction of sp³-hybridized carbons (Fsp3) is 0.200. The molecule has 0 saturated heterocycles.